The maximum absolute atomic E-state index is 11.9. The van der Waals surface area contributed by atoms with Gasteiger partial charge in [0, 0.05) is 17.4 Å². The van der Waals surface area contributed by atoms with Gasteiger partial charge in [0.2, 0.25) is 0 Å². The van der Waals surface area contributed by atoms with Crippen LogP contribution in [0.5, 0.6) is 0 Å². The number of aromatic nitrogens is 1. The lowest BCUT2D eigenvalue weighted by Crippen LogP contribution is -2.12. The van der Waals surface area contributed by atoms with E-state index in [0.717, 1.165) is 5.56 Å². The molecule has 0 aliphatic heterocycles. The van der Waals surface area contributed by atoms with Crippen LogP contribution in [-0.2, 0) is 0 Å². The smallest absolute Gasteiger partial charge is 0.354 e. The molecule has 96 valence electrons. The van der Waals surface area contributed by atoms with Gasteiger partial charge >= 0.3 is 5.97 Å². The van der Waals surface area contributed by atoms with Crippen molar-refractivity contribution in [2.24, 2.45) is 0 Å². The molecular weight excluding hydrogens is 244 g/mol. The fourth-order valence-corrected chi connectivity index (χ4v) is 1.53. The van der Waals surface area contributed by atoms with E-state index >= 15 is 0 Å². The van der Waals surface area contributed by atoms with Gasteiger partial charge in [0.1, 0.15) is 5.69 Å². The topological polar surface area (TPSA) is 79.3 Å². The minimum atomic E-state index is -1.13. The minimum absolute atomic E-state index is 0.110. The van der Waals surface area contributed by atoms with Crippen LogP contribution in [0.1, 0.15) is 26.4 Å². The fraction of sp³-hybridized carbons (Fsp3) is 0.0714. The van der Waals surface area contributed by atoms with E-state index in [1.54, 1.807) is 18.2 Å². The van der Waals surface area contributed by atoms with Crippen LogP contribution in [-0.4, -0.2) is 22.0 Å². The number of aromatic carboxylic acids is 1. The van der Waals surface area contributed by atoms with E-state index in [9.17, 15) is 9.59 Å². The molecule has 5 nitrogen and oxygen atoms in total. The SMILES string of the molecule is Cc1ccc(C(=O)Nc2ccnc(C(=O)O)c2)cc1. The van der Waals surface area contributed by atoms with Crippen molar-refractivity contribution in [3.8, 4) is 0 Å². The van der Waals surface area contributed by atoms with Crippen molar-refractivity contribution in [1.29, 1.82) is 0 Å². The molecule has 0 aliphatic rings. The number of rotatable bonds is 3. The van der Waals surface area contributed by atoms with Crippen molar-refractivity contribution >= 4 is 17.6 Å². The Labute approximate surface area is 109 Å². The summed E-state index contributed by atoms with van der Waals surface area (Å²) in [5.41, 5.74) is 1.87. The Bertz CT molecular complexity index is 621. The van der Waals surface area contributed by atoms with Crippen molar-refractivity contribution in [3.05, 3.63) is 59.4 Å². The van der Waals surface area contributed by atoms with Crippen molar-refractivity contribution in [1.82, 2.24) is 4.98 Å². The number of carbonyl (C=O) groups excluding carboxylic acids is 1. The lowest BCUT2D eigenvalue weighted by atomic mass is 10.1. The Kier molecular flexibility index (Phi) is 3.56. The van der Waals surface area contributed by atoms with E-state index in [0.29, 0.717) is 11.3 Å². The molecule has 0 atom stereocenters. The monoisotopic (exact) mass is 256 g/mol. The molecule has 0 saturated heterocycles. The zero-order valence-corrected chi connectivity index (χ0v) is 10.3. The summed E-state index contributed by atoms with van der Waals surface area (Å²) in [4.78, 5) is 26.4. The molecule has 1 aromatic carbocycles. The molecule has 2 rings (SSSR count). The Morgan fingerprint density at radius 3 is 2.47 bits per heavy atom. The van der Waals surface area contributed by atoms with Crippen LogP contribution in [0.25, 0.3) is 0 Å². The molecule has 0 fully saturated rings. The zero-order valence-electron chi connectivity index (χ0n) is 10.3. The molecule has 0 unspecified atom stereocenters. The highest BCUT2D eigenvalue weighted by atomic mass is 16.4. The van der Waals surface area contributed by atoms with Crippen LogP contribution < -0.4 is 5.32 Å². The number of aryl methyl sites for hydroxylation is 1. The van der Waals surface area contributed by atoms with Gasteiger partial charge in [0.15, 0.2) is 0 Å². The normalized spacial score (nSPS) is 9.95. The third-order valence-electron chi connectivity index (χ3n) is 2.55. The number of hydrogen-bond acceptors (Lipinski definition) is 3. The minimum Gasteiger partial charge on any atom is -0.477 e. The first kappa shape index (κ1) is 12.8. The van der Waals surface area contributed by atoms with Crippen molar-refractivity contribution in [2.45, 2.75) is 6.92 Å². The number of hydrogen-bond donors (Lipinski definition) is 2. The number of pyridine rings is 1. The molecule has 0 bridgehead atoms. The van der Waals surface area contributed by atoms with Crippen LogP contribution in [0.15, 0.2) is 42.6 Å². The summed E-state index contributed by atoms with van der Waals surface area (Å²) in [5, 5.41) is 11.4. The molecule has 2 aromatic rings. The Morgan fingerprint density at radius 2 is 1.84 bits per heavy atom. The predicted octanol–water partition coefficient (Wildman–Crippen LogP) is 2.34. The number of anilines is 1. The summed E-state index contributed by atoms with van der Waals surface area (Å²) in [6.07, 6.45) is 1.34. The van der Waals surface area contributed by atoms with Crippen molar-refractivity contribution < 1.29 is 14.7 Å². The number of nitrogens with one attached hydrogen (secondary N) is 1. The van der Waals surface area contributed by atoms with Gasteiger partial charge in [-0.05, 0) is 31.2 Å². The van der Waals surface area contributed by atoms with Crippen LogP contribution in [0.2, 0.25) is 0 Å². The first-order chi connectivity index (χ1) is 9.06. The van der Waals surface area contributed by atoms with E-state index in [2.05, 4.69) is 10.3 Å². The lowest BCUT2D eigenvalue weighted by Gasteiger charge is -2.05. The molecule has 19 heavy (non-hydrogen) atoms. The average Bonchev–Trinajstić information content (AvgIpc) is 2.39. The van der Waals surface area contributed by atoms with Crippen molar-refractivity contribution in [2.75, 3.05) is 5.32 Å². The van der Waals surface area contributed by atoms with Gasteiger partial charge in [-0.25, -0.2) is 9.78 Å². The molecule has 1 heterocycles. The number of amides is 1. The van der Waals surface area contributed by atoms with Gasteiger partial charge in [-0.1, -0.05) is 17.7 Å². The second-order valence-corrected chi connectivity index (χ2v) is 4.06. The molecule has 0 radical (unpaired) electrons. The third kappa shape index (κ3) is 3.16. The predicted molar refractivity (Wildman–Crippen MR) is 70.3 cm³/mol. The van der Waals surface area contributed by atoms with Crippen LogP contribution in [0.4, 0.5) is 5.69 Å². The summed E-state index contributed by atoms with van der Waals surface area (Å²) in [6, 6.07) is 9.95. The molecule has 1 aromatic heterocycles. The summed E-state index contributed by atoms with van der Waals surface area (Å²) < 4.78 is 0. The number of carbonyl (C=O) groups is 2. The van der Waals surface area contributed by atoms with Gasteiger partial charge in [-0.3, -0.25) is 4.79 Å². The summed E-state index contributed by atoms with van der Waals surface area (Å²) in [6.45, 7) is 1.93. The summed E-state index contributed by atoms with van der Waals surface area (Å²) >= 11 is 0. The van der Waals surface area contributed by atoms with Crippen LogP contribution in [0, 0.1) is 6.92 Å². The molecule has 5 heteroatoms. The molecule has 0 spiro atoms. The average molecular weight is 256 g/mol. The number of carboxylic acids is 1. The molecule has 2 N–H and O–H groups in total. The van der Waals surface area contributed by atoms with Crippen molar-refractivity contribution in [3.63, 3.8) is 0 Å². The van der Waals surface area contributed by atoms with E-state index in [1.807, 2.05) is 19.1 Å². The zero-order chi connectivity index (χ0) is 13.8. The Hall–Kier alpha value is -2.69. The van der Waals surface area contributed by atoms with Gasteiger partial charge in [0.25, 0.3) is 5.91 Å². The van der Waals surface area contributed by atoms with Gasteiger partial charge in [0.05, 0.1) is 0 Å². The van der Waals surface area contributed by atoms with Gasteiger partial charge in [-0.2, -0.15) is 0 Å². The first-order valence-corrected chi connectivity index (χ1v) is 5.63. The Balaban J connectivity index is 2.17. The maximum Gasteiger partial charge on any atom is 0.354 e. The molecule has 1 amide bonds. The highest BCUT2D eigenvalue weighted by molar-refractivity contribution is 6.04. The van der Waals surface area contributed by atoms with Crippen LogP contribution >= 0.6 is 0 Å². The second-order valence-electron chi connectivity index (χ2n) is 4.06. The fourth-order valence-electron chi connectivity index (χ4n) is 1.53. The quantitative estimate of drug-likeness (QED) is 0.883. The van der Waals surface area contributed by atoms with Crippen LogP contribution in [0.3, 0.4) is 0 Å². The second kappa shape index (κ2) is 5.30. The molecule has 0 aliphatic carbocycles. The number of benzene rings is 1. The Morgan fingerprint density at radius 1 is 1.16 bits per heavy atom. The van der Waals surface area contributed by atoms with E-state index in [-0.39, 0.29) is 11.6 Å². The number of carboxylic acid groups (broad SMARTS) is 1. The van der Waals surface area contributed by atoms with Gasteiger partial charge in [-0.15, -0.1) is 0 Å². The molecule has 0 saturated carbocycles. The van der Waals surface area contributed by atoms with Gasteiger partial charge < -0.3 is 10.4 Å². The first-order valence-electron chi connectivity index (χ1n) is 5.63. The molecular formula is C14H12N2O3. The maximum atomic E-state index is 11.9. The van der Waals surface area contributed by atoms with E-state index < -0.39 is 5.97 Å². The lowest BCUT2D eigenvalue weighted by molar-refractivity contribution is 0.0690. The number of nitrogens with zero attached hydrogens (tertiary/aromatic N) is 1. The summed E-state index contributed by atoms with van der Waals surface area (Å²) in [5.74, 6) is -1.42. The summed E-state index contributed by atoms with van der Waals surface area (Å²) in [7, 11) is 0. The standard InChI is InChI=1S/C14H12N2O3/c1-9-2-4-10(5-3-9)13(17)16-11-6-7-15-12(8-11)14(18)19/h2-8H,1H3,(H,18,19)(H,15,16,17). The highest BCUT2D eigenvalue weighted by Gasteiger charge is 2.08. The van der Waals surface area contributed by atoms with E-state index in [1.165, 1.54) is 12.3 Å². The van der Waals surface area contributed by atoms with E-state index in [4.69, 9.17) is 5.11 Å². The third-order valence-corrected chi connectivity index (χ3v) is 2.55. The largest absolute Gasteiger partial charge is 0.477 e. The highest BCUT2D eigenvalue weighted by Crippen LogP contribution is 2.11.